The molecule has 4 nitrogen and oxygen atoms in total. The summed E-state index contributed by atoms with van der Waals surface area (Å²) in [7, 11) is -2.86. The summed E-state index contributed by atoms with van der Waals surface area (Å²) in [5.74, 6) is 1.27. The number of sulfone groups is 1. The van der Waals surface area contributed by atoms with E-state index in [2.05, 4.69) is 31.0 Å². The Balaban J connectivity index is 2.51. The predicted molar refractivity (Wildman–Crippen MR) is 81.2 cm³/mol. The molecule has 5 heteroatoms. The summed E-state index contributed by atoms with van der Waals surface area (Å²) < 4.78 is 23.6. The van der Waals surface area contributed by atoms with Gasteiger partial charge in [-0.3, -0.25) is 4.90 Å². The molecule has 0 bridgehead atoms. The van der Waals surface area contributed by atoms with E-state index in [-0.39, 0.29) is 0 Å². The van der Waals surface area contributed by atoms with E-state index in [1.807, 2.05) is 6.92 Å². The quantitative estimate of drug-likeness (QED) is 0.772. The highest BCUT2D eigenvalue weighted by Crippen LogP contribution is 2.15. The summed E-state index contributed by atoms with van der Waals surface area (Å²) in [6.45, 7) is 11.2. The van der Waals surface area contributed by atoms with Crippen molar-refractivity contribution in [3.63, 3.8) is 0 Å². The van der Waals surface area contributed by atoms with E-state index in [1.165, 1.54) is 0 Å². The maximum absolute atomic E-state index is 11.8. The van der Waals surface area contributed by atoms with Crippen LogP contribution in [0.1, 0.15) is 40.5 Å². The average Bonchev–Trinajstić information content (AvgIpc) is 2.37. The molecule has 1 rings (SSSR count). The number of rotatable bonds is 7. The van der Waals surface area contributed by atoms with Crippen LogP contribution >= 0.6 is 0 Å². The van der Waals surface area contributed by atoms with Crippen molar-refractivity contribution in [2.45, 2.75) is 52.6 Å². The zero-order valence-electron chi connectivity index (χ0n) is 12.9. The van der Waals surface area contributed by atoms with Crippen LogP contribution in [0.25, 0.3) is 0 Å². The molecule has 3 unspecified atom stereocenters. The third-order valence-corrected chi connectivity index (χ3v) is 6.10. The molecule has 1 saturated heterocycles. The predicted octanol–water partition coefficient (Wildman–Crippen LogP) is 1.52. The van der Waals surface area contributed by atoms with Crippen molar-refractivity contribution in [3.8, 4) is 0 Å². The lowest BCUT2D eigenvalue weighted by Crippen LogP contribution is -2.58. The van der Waals surface area contributed by atoms with Gasteiger partial charge in [0.2, 0.25) is 0 Å². The number of nitrogens with zero attached hydrogens (tertiary/aromatic N) is 1. The lowest BCUT2D eigenvalue weighted by atomic mass is 9.96. The van der Waals surface area contributed by atoms with Gasteiger partial charge in [-0.05, 0) is 19.3 Å². The average molecular weight is 290 g/mol. The second-order valence-electron chi connectivity index (χ2n) is 5.90. The topological polar surface area (TPSA) is 49.4 Å². The summed E-state index contributed by atoms with van der Waals surface area (Å²) in [5, 5.41) is 3.58. The second kappa shape index (κ2) is 7.60. The largest absolute Gasteiger partial charge is 0.311 e. The van der Waals surface area contributed by atoms with Gasteiger partial charge in [0.15, 0.2) is 9.84 Å². The minimum atomic E-state index is -2.86. The number of nitrogens with one attached hydrogen (secondary N) is 1. The molecule has 1 aliphatic heterocycles. The fraction of sp³-hybridized carbons (Fsp3) is 1.00. The van der Waals surface area contributed by atoms with Crippen LogP contribution in [0, 0.1) is 5.92 Å². The Morgan fingerprint density at radius 1 is 1.32 bits per heavy atom. The van der Waals surface area contributed by atoms with E-state index in [9.17, 15) is 8.42 Å². The summed E-state index contributed by atoms with van der Waals surface area (Å²) in [5.41, 5.74) is 0. The molecule has 0 spiro atoms. The standard InChI is InChI=1S/C14H30N2O2S/c1-5-8-19(17,18)9-7-16-11-14(12(3)6-2)15-10-13(16)4/h12-15H,5-11H2,1-4H3. The number of hydrogen-bond donors (Lipinski definition) is 1. The van der Waals surface area contributed by atoms with Crippen molar-refractivity contribution in [2.75, 3.05) is 31.1 Å². The molecule has 0 amide bonds. The molecular weight excluding hydrogens is 260 g/mol. The monoisotopic (exact) mass is 290 g/mol. The lowest BCUT2D eigenvalue weighted by molar-refractivity contribution is 0.125. The molecule has 114 valence electrons. The number of hydrogen-bond acceptors (Lipinski definition) is 4. The SMILES string of the molecule is CCCS(=O)(=O)CCN1CC(C(C)CC)NCC1C. The van der Waals surface area contributed by atoms with Gasteiger partial charge in [0.05, 0.1) is 5.75 Å². The van der Waals surface area contributed by atoms with E-state index in [1.54, 1.807) is 0 Å². The van der Waals surface area contributed by atoms with Crippen molar-refractivity contribution < 1.29 is 8.42 Å². The zero-order chi connectivity index (χ0) is 14.5. The third-order valence-electron chi connectivity index (χ3n) is 4.27. The van der Waals surface area contributed by atoms with Crippen LogP contribution < -0.4 is 5.32 Å². The van der Waals surface area contributed by atoms with Crippen LogP contribution in [0.4, 0.5) is 0 Å². The minimum absolute atomic E-state index is 0.304. The van der Waals surface area contributed by atoms with Gasteiger partial charge in [-0.1, -0.05) is 27.2 Å². The Labute approximate surface area is 118 Å². The fourth-order valence-corrected chi connectivity index (χ4v) is 3.93. The van der Waals surface area contributed by atoms with E-state index in [4.69, 9.17) is 0 Å². The van der Waals surface area contributed by atoms with E-state index in [0.29, 0.717) is 36.1 Å². The summed E-state index contributed by atoms with van der Waals surface area (Å²) in [6.07, 6.45) is 1.88. The van der Waals surface area contributed by atoms with Crippen LogP contribution in [-0.2, 0) is 9.84 Å². The summed E-state index contributed by atoms with van der Waals surface area (Å²) in [6, 6.07) is 0.923. The number of piperazine rings is 1. The molecule has 1 heterocycles. The highest BCUT2D eigenvalue weighted by atomic mass is 32.2. The first-order chi connectivity index (χ1) is 8.89. The third kappa shape index (κ3) is 5.40. The van der Waals surface area contributed by atoms with Crippen molar-refractivity contribution in [1.29, 1.82) is 0 Å². The fourth-order valence-electron chi connectivity index (χ4n) is 2.59. The normalized spacial score (nSPS) is 27.4. The molecule has 19 heavy (non-hydrogen) atoms. The summed E-state index contributed by atoms with van der Waals surface area (Å²) >= 11 is 0. The van der Waals surface area contributed by atoms with Gasteiger partial charge in [0.1, 0.15) is 0 Å². The molecule has 1 fully saturated rings. The molecule has 0 radical (unpaired) electrons. The minimum Gasteiger partial charge on any atom is -0.311 e. The molecule has 0 aromatic carbocycles. The van der Waals surface area contributed by atoms with Crippen molar-refractivity contribution in [1.82, 2.24) is 10.2 Å². The van der Waals surface area contributed by atoms with Crippen LogP contribution in [-0.4, -0.2) is 56.5 Å². The smallest absolute Gasteiger partial charge is 0.151 e. The van der Waals surface area contributed by atoms with E-state index in [0.717, 1.165) is 25.9 Å². The van der Waals surface area contributed by atoms with Crippen molar-refractivity contribution >= 4 is 9.84 Å². The van der Waals surface area contributed by atoms with Crippen LogP contribution in [0.5, 0.6) is 0 Å². The van der Waals surface area contributed by atoms with Gasteiger partial charge in [0.25, 0.3) is 0 Å². The molecule has 3 atom stereocenters. The zero-order valence-corrected chi connectivity index (χ0v) is 13.7. The molecule has 1 aliphatic rings. The first kappa shape index (κ1) is 16.9. The van der Waals surface area contributed by atoms with E-state index >= 15 is 0 Å². The Hall–Kier alpha value is -0.130. The van der Waals surface area contributed by atoms with Gasteiger partial charge in [0, 0.05) is 37.5 Å². The van der Waals surface area contributed by atoms with Crippen LogP contribution in [0.15, 0.2) is 0 Å². The van der Waals surface area contributed by atoms with Gasteiger partial charge in [-0.2, -0.15) is 0 Å². The maximum Gasteiger partial charge on any atom is 0.151 e. The molecule has 0 aromatic heterocycles. The molecule has 1 N–H and O–H groups in total. The van der Waals surface area contributed by atoms with Crippen LogP contribution in [0.3, 0.4) is 0 Å². The van der Waals surface area contributed by atoms with Crippen LogP contribution in [0.2, 0.25) is 0 Å². The molecule has 0 aromatic rings. The molecular formula is C14H30N2O2S. The Kier molecular flexibility index (Phi) is 6.77. The second-order valence-corrected chi connectivity index (χ2v) is 8.20. The summed E-state index contributed by atoms with van der Waals surface area (Å²) in [4.78, 5) is 2.33. The first-order valence-electron chi connectivity index (χ1n) is 7.57. The van der Waals surface area contributed by atoms with Gasteiger partial charge >= 0.3 is 0 Å². The van der Waals surface area contributed by atoms with Gasteiger partial charge in [-0.15, -0.1) is 0 Å². The maximum atomic E-state index is 11.8. The van der Waals surface area contributed by atoms with Crippen molar-refractivity contribution in [3.05, 3.63) is 0 Å². The molecule has 0 aliphatic carbocycles. The van der Waals surface area contributed by atoms with Gasteiger partial charge in [-0.25, -0.2) is 8.42 Å². The van der Waals surface area contributed by atoms with E-state index < -0.39 is 9.84 Å². The highest BCUT2D eigenvalue weighted by molar-refractivity contribution is 7.91. The Morgan fingerprint density at radius 3 is 2.58 bits per heavy atom. The van der Waals surface area contributed by atoms with Gasteiger partial charge < -0.3 is 5.32 Å². The Morgan fingerprint density at radius 2 is 2.00 bits per heavy atom. The van der Waals surface area contributed by atoms with Crippen molar-refractivity contribution in [2.24, 2.45) is 5.92 Å². The lowest BCUT2D eigenvalue weighted by Gasteiger charge is -2.41. The molecule has 0 saturated carbocycles. The first-order valence-corrected chi connectivity index (χ1v) is 9.39. The highest BCUT2D eigenvalue weighted by Gasteiger charge is 2.28. The Bertz CT molecular complexity index is 356.